The molecule has 10 nitrogen and oxygen atoms in total. The predicted octanol–water partition coefficient (Wildman–Crippen LogP) is 2.87. The van der Waals surface area contributed by atoms with E-state index in [-0.39, 0.29) is 18.7 Å². The molecule has 1 aliphatic heterocycles. The monoisotopic (exact) mass is 468 g/mol. The smallest absolute Gasteiger partial charge is 0.338 e. The van der Waals surface area contributed by atoms with Gasteiger partial charge in [-0.05, 0) is 42.0 Å². The zero-order valence-electron chi connectivity index (χ0n) is 17.9. The number of benzene rings is 2. The third-order valence-corrected chi connectivity index (χ3v) is 5.18. The van der Waals surface area contributed by atoms with E-state index < -0.39 is 18.0 Å². The van der Waals surface area contributed by atoms with Gasteiger partial charge >= 0.3 is 12.0 Å². The molecule has 33 heavy (non-hydrogen) atoms. The fraction of sp³-hybridized carbons (Fsp3) is 0.227. The van der Waals surface area contributed by atoms with Crippen LogP contribution in [0.25, 0.3) is 11.4 Å². The average Bonchev–Trinajstić information content (AvgIpc) is 3.28. The number of amides is 2. The summed E-state index contributed by atoms with van der Waals surface area (Å²) in [6, 6.07) is 12.9. The third-order valence-electron chi connectivity index (χ3n) is 4.93. The van der Waals surface area contributed by atoms with Gasteiger partial charge in [0, 0.05) is 10.6 Å². The zero-order chi connectivity index (χ0) is 23.4. The maximum absolute atomic E-state index is 12.9. The normalized spacial score (nSPS) is 15.6. The highest BCUT2D eigenvalue weighted by Crippen LogP contribution is 2.29. The Morgan fingerprint density at radius 2 is 2.00 bits per heavy atom. The molecule has 2 N–H and O–H groups in total. The van der Waals surface area contributed by atoms with Crippen molar-refractivity contribution in [1.29, 1.82) is 0 Å². The van der Waals surface area contributed by atoms with Crippen LogP contribution >= 0.6 is 11.6 Å². The molecule has 1 aromatic heterocycles. The molecule has 2 amide bonds. The number of carbonyl (C=O) groups is 2. The molecule has 1 atom stereocenters. The Morgan fingerprint density at radius 3 is 2.73 bits per heavy atom. The van der Waals surface area contributed by atoms with Crippen LogP contribution in [-0.4, -0.2) is 45.9 Å². The first-order valence-electron chi connectivity index (χ1n) is 10.1. The van der Waals surface area contributed by atoms with Crippen molar-refractivity contribution < 1.29 is 19.1 Å². The van der Waals surface area contributed by atoms with Crippen molar-refractivity contribution in [3.63, 3.8) is 0 Å². The average molecular weight is 469 g/mol. The van der Waals surface area contributed by atoms with Crippen molar-refractivity contribution in [3.8, 4) is 17.1 Å². The summed E-state index contributed by atoms with van der Waals surface area (Å²) >= 11 is 6.00. The van der Waals surface area contributed by atoms with E-state index in [0.717, 1.165) is 0 Å². The number of allylic oxidation sites excluding steroid dienone is 1. The number of urea groups is 1. The van der Waals surface area contributed by atoms with Crippen LogP contribution in [0.5, 0.6) is 5.75 Å². The summed E-state index contributed by atoms with van der Waals surface area (Å²) in [6.07, 6.45) is 0. The van der Waals surface area contributed by atoms with E-state index in [9.17, 15) is 9.59 Å². The summed E-state index contributed by atoms with van der Waals surface area (Å²) in [5.74, 6) is 0.474. The molecule has 0 fully saturated rings. The van der Waals surface area contributed by atoms with Crippen LogP contribution in [0.4, 0.5) is 4.79 Å². The standard InChI is InChI=1S/C22H21ClN6O4/c1-3-33-21(30)18-17(24-22(31)25-19(18)13-7-9-15(23)10-8-13)12-29-27-20(26-28-29)14-5-4-6-16(11-14)32-2/h4-11,19H,3,12H2,1-2H3,(H2,24,25,31)/t19-/m0/s1. The molecular weight excluding hydrogens is 448 g/mol. The van der Waals surface area contributed by atoms with Gasteiger partial charge in [0.2, 0.25) is 5.82 Å². The summed E-state index contributed by atoms with van der Waals surface area (Å²) in [7, 11) is 1.57. The fourth-order valence-electron chi connectivity index (χ4n) is 3.43. The van der Waals surface area contributed by atoms with Gasteiger partial charge in [-0.25, -0.2) is 9.59 Å². The number of hydrogen-bond donors (Lipinski definition) is 2. The molecule has 4 rings (SSSR count). The molecule has 0 aliphatic carbocycles. The van der Waals surface area contributed by atoms with Gasteiger partial charge in [0.25, 0.3) is 0 Å². The third kappa shape index (κ3) is 4.96. The summed E-state index contributed by atoms with van der Waals surface area (Å²) in [5.41, 5.74) is 1.96. The van der Waals surface area contributed by atoms with Crippen molar-refractivity contribution in [1.82, 2.24) is 30.8 Å². The Kier molecular flexibility index (Phi) is 6.55. The molecule has 2 heterocycles. The van der Waals surface area contributed by atoms with Crippen LogP contribution in [0, 0.1) is 0 Å². The lowest BCUT2D eigenvalue weighted by Gasteiger charge is -2.29. The number of tetrazole rings is 1. The number of halogens is 1. The first-order chi connectivity index (χ1) is 16.0. The Balaban J connectivity index is 1.70. The van der Waals surface area contributed by atoms with Gasteiger partial charge in [0.15, 0.2) is 0 Å². The number of aromatic nitrogens is 4. The van der Waals surface area contributed by atoms with E-state index in [2.05, 4.69) is 26.0 Å². The minimum atomic E-state index is -0.730. The first-order valence-corrected chi connectivity index (χ1v) is 10.5. The molecular formula is C22H21ClN6O4. The first kappa shape index (κ1) is 22.3. The maximum atomic E-state index is 12.9. The molecule has 0 radical (unpaired) electrons. The van der Waals surface area contributed by atoms with Gasteiger partial charge < -0.3 is 20.1 Å². The van der Waals surface area contributed by atoms with Crippen LogP contribution in [0.1, 0.15) is 18.5 Å². The zero-order valence-corrected chi connectivity index (χ0v) is 18.7. The number of methoxy groups -OCH3 is 1. The van der Waals surface area contributed by atoms with Crippen molar-refractivity contribution in [3.05, 3.63) is 70.4 Å². The van der Waals surface area contributed by atoms with Crippen LogP contribution < -0.4 is 15.4 Å². The van der Waals surface area contributed by atoms with Crippen molar-refractivity contribution in [2.45, 2.75) is 19.5 Å². The number of hydrogen-bond acceptors (Lipinski definition) is 7. The SMILES string of the molecule is CCOC(=O)C1=C(Cn2nnc(-c3cccc(OC)c3)n2)NC(=O)N[C@H]1c1ccc(Cl)cc1. The van der Waals surface area contributed by atoms with Gasteiger partial charge in [-0.2, -0.15) is 4.80 Å². The van der Waals surface area contributed by atoms with Crippen LogP contribution in [0.2, 0.25) is 5.02 Å². The molecule has 0 saturated carbocycles. The maximum Gasteiger partial charge on any atom is 0.338 e. The second-order valence-corrected chi connectivity index (χ2v) is 7.51. The van der Waals surface area contributed by atoms with E-state index in [1.165, 1.54) is 4.80 Å². The minimum Gasteiger partial charge on any atom is -0.497 e. The fourth-order valence-corrected chi connectivity index (χ4v) is 3.55. The largest absolute Gasteiger partial charge is 0.497 e. The van der Waals surface area contributed by atoms with Crippen molar-refractivity contribution in [2.24, 2.45) is 0 Å². The van der Waals surface area contributed by atoms with Crippen LogP contribution in [-0.2, 0) is 16.1 Å². The molecule has 0 saturated heterocycles. The number of carbonyl (C=O) groups excluding carboxylic acids is 2. The Bertz CT molecular complexity index is 1210. The van der Waals surface area contributed by atoms with E-state index >= 15 is 0 Å². The van der Waals surface area contributed by atoms with E-state index in [0.29, 0.717) is 33.4 Å². The molecule has 0 spiro atoms. The summed E-state index contributed by atoms with van der Waals surface area (Å²) in [6.45, 7) is 1.89. The highest BCUT2D eigenvalue weighted by atomic mass is 35.5. The lowest BCUT2D eigenvalue weighted by molar-refractivity contribution is -0.139. The predicted molar refractivity (Wildman–Crippen MR) is 119 cm³/mol. The molecule has 0 bridgehead atoms. The van der Waals surface area contributed by atoms with E-state index in [4.69, 9.17) is 21.1 Å². The summed E-state index contributed by atoms with van der Waals surface area (Å²) in [5, 5.41) is 18.5. The van der Waals surface area contributed by atoms with Gasteiger partial charge in [0.05, 0.1) is 31.0 Å². The van der Waals surface area contributed by atoms with Gasteiger partial charge in [-0.15, -0.1) is 10.2 Å². The minimum absolute atomic E-state index is 0.00261. The van der Waals surface area contributed by atoms with Gasteiger partial charge in [0.1, 0.15) is 12.3 Å². The van der Waals surface area contributed by atoms with Crippen molar-refractivity contribution in [2.75, 3.05) is 13.7 Å². The van der Waals surface area contributed by atoms with E-state index in [1.54, 1.807) is 44.4 Å². The highest BCUT2D eigenvalue weighted by Gasteiger charge is 2.34. The molecule has 1 aliphatic rings. The number of ether oxygens (including phenoxy) is 2. The quantitative estimate of drug-likeness (QED) is 0.511. The van der Waals surface area contributed by atoms with Gasteiger partial charge in [-0.3, -0.25) is 0 Å². The van der Waals surface area contributed by atoms with Crippen LogP contribution in [0.3, 0.4) is 0 Å². The second-order valence-electron chi connectivity index (χ2n) is 7.07. The van der Waals surface area contributed by atoms with Crippen molar-refractivity contribution >= 4 is 23.6 Å². The Morgan fingerprint density at radius 1 is 1.21 bits per heavy atom. The van der Waals surface area contributed by atoms with Gasteiger partial charge in [-0.1, -0.05) is 35.9 Å². The Hall–Kier alpha value is -3.92. The molecule has 3 aromatic rings. The number of nitrogens with zero attached hydrogens (tertiary/aromatic N) is 4. The second kappa shape index (κ2) is 9.70. The van der Waals surface area contributed by atoms with Crippen LogP contribution in [0.15, 0.2) is 59.8 Å². The number of rotatable bonds is 7. The molecule has 2 aromatic carbocycles. The number of nitrogens with one attached hydrogen (secondary N) is 2. The molecule has 11 heteroatoms. The molecule has 170 valence electrons. The Labute approximate surface area is 194 Å². The topological polar surface area (TPSA) is 120 Å². The summed E-state index contributed by atoms with van der Waals surface area (Å²) < 4.78 is 10.5. The molecule has 0 unspecified atom stereocenters. The lowest BCUT2D eigenvalue weighted by Crippen LogP contribution is -2.47. The highest BCUT2D eigenvalue weighted by molar-refractivity contribution is 6.30. The lowest BCUT2D eigenvalue weighted by atomic mass is 9.95. The summed E-state index contributed by atoms with van der Waals surface area (Å²) in [4.78, 5) is 26.6. The van der Waals surface area contributed by atoms with E-state index in [1.807, 2.05) is 18.2 Å². The number of esters is 1.